The lowest BCUT2D eigenvalue weighted by molar-refractivity contribution is 0.0165. The second-order valence-electron chi connectivity index (χ2n) is 5.88. The minimum Gasteiger partial charge on any atom is -0.381 e. The summed E-state index contributed by atoms with van der Waals surface area (Å²) in [5, 5.41) is 0. The van der Waals surface area contributed by atoms with Crippen LogP contribution in [0.2, 0.25) is 0 Å². The number of hydrogen-bond acceptors (Lipinski definition) is 4. The number of ether oxygens (including phenoxy) is 1. The first-order valence-electron chi connectivity index (χ1n) is 7.38. The predicted octanol–water partition coefficient (Wildman–Crippen LogP) is 1.98. The van der Waals surface area contributed by atoms with Crippen LogP contribution in [-0.2, 0) is 15.0 Å². The Morgan fingerprint density at radius 1 is 1.10 bits per heavy atom. The molecule has 116 valence electrons. The van der Waals surface area contributed by atoms with E-state index in [1.54, 1.807) is 12.1 Å². The van der Waals surface area contributed by atoms with Gasteiger partial charge in [-0.2, -0.15) is 12.7 Å². The molecule has 21 heavy (non-hydrogen) atoms. The molecule has 1 aromatic carbocycles. The van der Waals surface area contributed by atoms with Gasteiger partial charge in [0, 0.05) is 26.3 Å². The molecule has 0 spiro atoms. The van der Waals surface area contributed by atoms with Gasteiger partial charge in [-0.15, -0.1) is 0 Å². The van der Waals surface area contributed by atoms with Gasteiger partial charge in [0.1, 0.15) is 5.75 Å². The molecule has 2 aliphatic heterocycles. The molecule has 3 rings (SSSR count). The number of nitrogens with zero attached hydrogens (tertiary/aromatic N) is 1. The summed E-state index contributed by atoms with van der Waals surface area (Å²) in [6.07, 6.45) is 2.08. The Hall–Kier alpha value is -1.11. The number of aryl methyl sites for hydroxylation is 1. The van der Waals surface area contributed by atoms with Gasteiger partial charge in [-0.3, -0.25) is 0 Å². The van der Waals surface area contributed by atoms with E-state index in [4.69, 9.17) is 8.92 Å². The lowest BCUT2D eigenvalue weighted by atomic mass is 9.82. The lowest BCUT2D eigenvalue weighted by Gasteiger charge is -2.42. The molecular weight excluding hydrogens is 290 g/mol. The predicted molar refractivity (Wildman–Crippen MR) is 79.3 cm³/mol. The van der Waals surface area contributed by atoms with Crippen molar-refractivity contribution in [2.24, 2.45) is 11.8 Å². The SMILES string of the molecule is Cc1ccc(OS(=O)(=O)N2CC(C3CCOCC3)C2)cc1. The smallest absolute Gasteiger partial charge is 0.381 e. The highest BCUT2D eigenvalue weighted by Crippen LogP contribution is 2.33. The number of hydrogen-bond donors (Lipinski definition) is 0. The van der Waals surface area contributed by atoms with E-state index in [2.05, 4.69) is 0 Å². The summed E-state index contributed by atoms with van der Waals surface area (Å²) >= 11 is 0. The third kappa shape index (κ3) is 3.39. The van der Waals surface area contributed by atoms with Crippen molar-refractivity contribution >= 4 is 10.3 Å². The fourth-order valence-corrected chi connectivity index (χ4v) is 4.11. The van der Waals surface area contributed by atoms with Crippen molar-refractivity contribution in [2.45, 2.75) is 19.8 Å². The van der Waals surface area contributed by atoms with E-state index < -0.39 is 10.3 Å². The molecule has 0 atom stereocenters. The van der Waals surface area contributed by atoms with Gasteiger partial charge in [-0.1, -0.05) is 17.7 Å². The van der Waals surface area contributed by atoms with Gasteiger partial charge in [0.2, 0.25) is 0 Å². The van der Waals surface area contributed by atoms with Crippen LogP contribution in [0, 0.1) is 18.8 Å². The molecule has 0 unspecified atom stereocenters. The third-order valence-electron chi connectivity index (χ3n) is 4.35. The van der Waals surface area contributed by atoms with Crippen molar-refractivity contribution in [1.82, 2.24) is 4.31 Å². The Morgan fingerprint density at radius 3 is 2.33 bits per heavy atom. The largest absolute Gasteiger partial charge is 0.385 e. The minimum atomic E-state index is -3.66. The second-order valence-corrected chi connectivity index (χ2v) is 7.42. The van der Waals surface area contributed by atoms with Crippen LogP contribution in [0.25, 0.3) is 0 Å². The summed E-state index contributed by atoms with van der Waals surface area (Å²) in [7, 11) is -3.66. The van der Waals surface area contributed by atoms with E-state index >= 15 is 0 Å². The summed E-state index contributed by atoms with van der Waals surface area (Å²) in [5.74, 6) is 1.41. The fraction of sp³-hybridized carbons (Fsp3) is 0.600. The van der Waals surface area contributed by atoms with Crippen LogP contribution in [0.5, 0.6) is 5.75 Å². The van der Waals surface area contributed by atoms with Gasteiger partial charge < -0.3 is 8.92 Å². The maximum absolute atomic E-state index is 12.2. The molecule has 0 aliphatic carbocycles. The molecule has 6 heteroatoms. The zero-order valence-corrected chi connectivity index (χ0v) is 13.0. The molecule has 0 radical (unpaired) electrons. The highest BCUT2D eigenvalue weighted by Gasteiger charge is 2.41. The summed E-state index contributed by atoms with van der Waals surface area (Å²) in [6, 6.07) is 7.04. The summed E-state index contributed by atoms with van der Waals surface area (Å²) in [4.78, 5) is 0. The maximum atomic E-state index is 12.2. The topological polar surface area (TPSA) is 55.8 Å². The van der Waals surface area contributed by atoms with E-state index in [0.717, 1.165) is 31.6 Å². The monoisotopic (exact) mass is 311 g/mol. The molecule has 1 aromatic rings. The minimum absolute atomic E-state index is 0.370. The van der Waals surface area contributed by atoms with Gasteiger partial charge in [-0.05, 0) is 43.7 Å². The molecule has 0 saturated carbocycles. The molecular formula is C15H21NO4S. The average molecular weight is 311 g/mol. The fourth-order valence-electron chi connectivity index (χ4n) is 2.91. The van der Waals surface area contributed by atoms with Crippen LogP contribution < -0.4 is 4.18 Å². The van der Waals surface area contributed by atoms with Gasteiger partial charge in [0.25, 0.3) is 0 Å². The van der Waals surface area contributed by atoms with E-state index in [1.165, 1.54) is 4.31 Å². The molecule has 0 bridgehead atoms. The van der Waals surface area contributed by atoms with Crippen LogP contribution in [0.3, 0.4) is 0 Å². The Morgan fingerprint density at radius 2 is 1.71 bits per heavy atom. The van der Waals surface area contributed by atoms with E-state index in [1.807, 2.05) is 19.1 Å². The van der Waals surface area contributed by atoms with Crippen LogP contribution in [0.4, 0.5) is 0 Å². The quantitative estimate of drug-likeness (QED) is 0.853. The van der Waals surface area contributed by atoms with Crippen molar-refractivity contribution < 1.29 is 17.3 Å². The van der Waals surface area contributed by atoms with Crippen LogP contribution in [-0.4, -0.2) is 39.0 Å². The van der Waals surface area contributed by atoms with Gasteiger partial charge in [0.05, 0.1) is 0 Å². The van der Waals surface area contributed by atoms with E-state index in [0.29, 0.717) is 30.7 Å². The summed E-state index contributed by atoms with van der Waals surface area (Å²) in [6.45, 7) is 4.69. The number of benzene rings is 1. The van der Waals surface area contributed by atoms with Gasteiger partial charge >= 0.3 is 10.3 Å². The van der Waals surface area contributed by atoms with Gasteiger partial charge in [-0.25, -0.2) is 0 Å². The highest BCUT2D eigenvalue weighted by atomic mass is 32.2. The first-order valence-corrected chi connectivity index (χ1v) is 8.75. The Labute approximate surface area is 126 Å². The van der Waals surface area contributed by atoms with Gasteiger partial charge in [0.15, 0.2) is 0 Å². The molecule has 2 saturated heterocycles. The molecule has 2 fully saturated rings. The zero-order chi connectivity index (χ0) is 14.9. The van der Waals surface area contributed by atoms with E-state index in [9.17, 15) is 8.42 Å². The summed E-state index contributed by atoms with van der Waals surface area (Å²) in [5.41, 5.74) is 1.07. The van der Waals surface area contributed by atoms with Crippen molar-refractivity contribution in [1.29, 1.82) is 0 Å². The standard InChI is InChI=1S/C15H21NO4S/c1-12-2-4-15(5-3-12)20-21(17,18)16-10-14(11-16)13-6-8-19-9-7-13/h2-5,13-14H,6-11H2,1H3. The normalized spacial score (nSPS) is 22.0. The molecule has 0 aromatic heterocycles. The number of rotatable bonds is 4. The maximum Gasteiger partial charge on any atom is 0.385 e. The van der Waals surface area contributed by atoms with Crippen molar-refractivity contribution in [2.75, 3.05) is 26.3 Å². The molecule has 5 nitrogen and oxygen atoms in total. The van der Waals surface area contributed by atoms with Crippen molar-refractivity contribution in [3.05, 3.63) is 29.8 Å². The molecule has 0 amide bonds. The molecule has 0 N–H and O–H groups in total. The third-order valence-corrected chi connectivity index (χ3v) is 5.68. The molecule has 2 aliphatic rings. The van der Waals surface area contributed by atoms with Crippen molar-refractivity contribution in [3.63, 3.8) is 0 Å². The first kappa shape index (κ1) is 14.8. The Bertz CT molecular complexity index is 572. The Balaban J connectivity index is 1.56. The van der Waals surface area contributed by atoms with Crippen LogP contribution in [0.15, 0.2) is 24.3 Å². The average Bonchev–Trinajstić information content (AvgIpc) is 2.40. The zero-order valence-electron chi connectivity index (χ0n) is 12.2. The highest BCUT2D eigenvalue weighted by molar-refractivity contribution is 7.84. The van der Waals surface area contributed by atoms with Crippen molar-refractivity contribution in [3.8, 4) is 5.75 Å². The summed E-state index contributed by atoms with van der Waals surface area (Å²) < 4.78 is 36.3. The van der Waals surface area contributed by atoms with Crippen LogP contribution >= 0.6 is 0 Å². The van der Waals surface area contributed by atoms with Crippen LogP contribution in [0.1, 0.15) is 18.4 Å². The lowest BCUT2D eigenvalue weighted by Crippen LogP contribution is -2.54. The first-order chi connectivity index (χ1) is 10.0. The molecule has 2 heterocycles. The van der Waals surface area contributed by atoms with E-state index in [-0.39, 0.29) is 0 Å². The second kappa shape index (κ2) is 5.94. The Kier molecular flexibility index (Phi) is 4.19.